The minimum Gasteiger partial charge on any atom is -0.457 e. The zero-order valence-corrected chi connectivity index (χ0v) is 23.1. The van der Waals surface area contributed by atoms with E-state index in [2.05, 4.69) is 36.4 Å². The van der Waals surface area contributed by atoms with Crippen molar-refractivity contribution in [2.45, 2.75) is 45.4 Å². The van der Waals surface area contributed by atoms with Crippen LogP contribution in [0.5, 0.6) is 11.5 Å². The Labute approximate surface area is 234 Å². The van der Waals surface area contributed by atoms with E-state index in [1.807, 2.05) is 35.2 Å². The molecule has 0 radical (unpaired) electrons. The summed E-state index contributed by atoms with van der Waals surface area (Å²) in [6.07, 6.45) is 5.87. The van der Waals surface area contributed by atoms with Crippen LogP contribution in [0.4, 0.5) is 16.3 Å². The molecule has 5 rings (SSSR count). The monoisotopic (exact) mass is 538 g/mol. The highest BCUT2D eigenvalue weighted by atomic mass is 16.5. The maximum absolute atomic E-state index is 13.0. The SMILES string of the molecule is CC(C)(C)c1cc(NC(=O)Nc2ccc(Oc3ccncc3)cc2)n(-c2ccc(CC(=O)N3CCCC3)cc2)n1. The molecule has 1 fully saturated rings. The van der Waals surface area contributed by atoms with Crippen LogP contribution in [-0.4, -0.2) is 44.7 Å². The summed E-state index contributed by atoms with van der Waals surface area (Å²) in [5.41, 5.74) is 2.99. The van der Waals surface area contributed by atoms with Crippen molar-refractivity contribution in [3.05, 3.63) is 90.4 Å². The van der Waals surface area contributed by atoms with Crippen molar-refractivity contribution in [3.8, 4) is 17.2 Å². The van der Waals surface area contributed by atoms with E-state index >= 15 is 0 Å². The molecule has 2 aromatic carbocycles. The molecule has 0 atom stereocenters. The van der Waals surface area contributed by atoms with Gasteiger partial charge in [-0.25, -0.2) is 9.48 Å². The summed E-state index contributed by atoms with van der Waals surface area (Å²) in [6.45, 7) is 7.92. The third-order valence-electron chi connectivity index (χ3n) is 6.71. The second kappa shape index (κ2) is 11.6. The van der Waals surface area contributed by atoms with E-state index in [9.17, 15) is 9.59 Å². The van der Waals surface area contributed by atoms with Gasteiger partial charge in [0.25, 0.3) is 0 Å². The third-order valence-corrected chi connectivity index (χ3v) is 6.71. The molecule has 206 valence electrons. The second-order valence-corrected chi connectivity index (χ2v) is 10.9. The number of carbonyl (C=O) groups is 2. The van der Waals surface area contributed by atoms with Crippen molar-refractivity contribution in [1.82, 2.24) is 19.7 Å². The van der Waals surface area contributed by atoms with Crippen LogP contribution in [0.3, 0.4) is 0 Å². The number of aromatic nitrogens is 3. The second-order valence-electron chi connectivity index (χ2n) is 10.9. The van der Waals surface area contributed by atoms with Gasteiger partial charge in [-0.05, 0) is 66.9 Å². The lowest BCUT2D eigenvalue weighted by atomic mass is 9.92. The summed E-state index contributed by atoms with van der Waals surface area (Å²) in [6, 6.07) is 19.9. The summed E-state index contributed by atoms with van der Waals surface area (Å²) in [5, 5.41) is 10.6. The predicted molar refractivity (Wildman–Crippen MR) is 155 cm³/mol. The first-order valence-electron chi connectivity index (χ1n) is 13.5. The normalized spacial score (nSPS) is 13.2. The molecule has 1 aliphatic rings. The fourth-order valence-electron chi connectivity index (χ4n) is 4.47. The van der Waals surface area contributed by atoms with Crippen molar-refractivity contribution in [3.63, 3.8) is 0 Å². The number of carbonyl (C=O) groups excluding carboxylic acids is 2. The van der Waals surface area contributed by atoms with Crippen molar-refractivity contribution in [2.75, 3.05) is 23.7 Å². The molecule has 2 N–H and O–H groups in total. The van der Waals surface area contributed by atoms with Gasteiger partial charge in [0.15, 0.2) is 0 Å². The van der Waals surface area contributed by atoms with Crippen LogP contribution in [-0.2, 0) is 16.6 Å². The molecule has 0 bridgehead atoms. The lowest BCUT2D eigenvalue weighted by Gasteiger charge is -2.15. The molecule has 9 nitrogen and oxygen atoms in total. The molecule has 0 unspecified atom stereocenters. The van der Waals surface area contributed by atoms with E-state index in [4.69, 9.17) is 9.84 Å². The van der Waals surface area contributed by atoms with Crippen molar-refractivity contribution < 1.29 is 14.3 Å². The first-order chi connectivity index (χ1) is 19.2. The molecule has 3 amide bonds. The Morgan fingerprint density at radius 2 is 1.52 bits per heavy atom. The molecule has 1 saturated heterocycles. The molecular formula is C31H34N6O3. The van der Waals surface area contributed by atoms with E-state index < -0.39 is 6.03 Å². The number of nitrogens with zero attached hydrogens (tertiary/aromatic N) is 4. The zero-order chi connectivity index (χ0) is 28.1. The molecule has 0 aliphatic carbocycles. The Hall–Kier alpha value is -4.66. The van der Waals surface area contributed by atoms with E-state index in [0.717, 1.165) is 42.9 Å². The van der Waals surface area contributed by atoms with Crippen LogP contribution in [0, 0.1) is 0 Å². The summed E-state index contributed by atoms with van der Waals surface area (Å²) in [4.78, 5) is 31.4. The molecule has 40 heavy (non-hydrogen) atoms. The molecule has 0 saturated carbocycles. The van der Waals surface area contributed by atoms with Crippen LogP contribution < -0.4 is 15.4 Å². The number of benzene rings is 2. The van der Waals surface area contributed by atoms with Gasteiger partial charge in [-0.2, -0.15) is 5.10 Å². The number of rotatable bonds is 7. The van der Waals surface area contributed by atoms with Gasteiger partial charge >= 0.3 is 6.03 Å². The number of hydrogen-bond donors (Lipinski definition) is 2. The molecule has 0 spiro atoms. The Morgan fingerprint density at radius 3 is 2.17 bits per heavy atom. The van der Waals surface area contributed by atoms with E-state index in [1.165, 1.54) is 0 Å². The van der Waals surface area contributed by atoms with Crippen molar-refractivity contribution in [2.24, 2.45) is 0 Å². The highest BCUT2D eigenvalue weighted by molar-refractivity contribution is 5.99. The number of urea groups is 1. The van der Waals surface area contributed by atoms with Gasteiger partial charge in [-0.3, -0.25) is 15.1 Å². The zero-order valence-electron chi connectivity index (χ0n) is 23.1. The van der Waals surface area contributed by atoms with Crippen LogP contribution in [0.15, 0.2) is 79.1 Å². The van der Waals surface area contributed by atoms with Crippen molar-refractivity contribution in [1.29, 1.82) is 0 Å². The number of hydrogen-bond acceptors (Lipinski definition) is 5. The summed E-state index contributed by atoms with van der Waals surface area (Å²) >= 11 is 0. The van der Waals surface area contributed by atoms with Gasteiger partial charge < -0.3 is 15.0 Å². The maximum Gasteiger partial charge on any atom is 0.324 e. The van der Waals surface area contributed by atoms with E-state index in [1.54, 1.807) is 53.5 Å². The summed E-state index contributed by atoms with van der Waals surface area (Å²) in [5.74, 6) is 2.04. The molecular weight excluding hydrogens is 504 g/mol. The minimum absolute atomic E-state index is 0.162. The largest absolute Gasteiger partial charge is 0.457 e. The van der Waals surface area contributed by atoms with Crippen LogP contribution in [0.1, 0.15) is 44.9 Å². The lowest BCUT2D eigenvalue weighted by Crippen LogP contribution is -2.29. The average Bonchev–Trinajstić information content (AvgIpc) is 3.62. The highest BCUT2D eigenvalue weighted by Crippen LogP contribution is 2.27. The standard InChI is InChI=1S/C31H34N6O3/c1-31(2,3)27-21-28(34-30(39)33-23-8-12-25(13-9-23)40-26-14-16-32-17-15-26)37(35-27)24-10-6-22(7-11-24)20-29(38)36-18-4-5-19-36/h6-17,21H,4-5,18-20H2,1-3H3,(H2,33,34,39). The van der Waals surface area contributed by atoms with Gasteiger partial charge in [-0.1, -0.05) is 32.9 Å². The average molecular weight is 539 g/mol. The lowest BCUT2D eigenvalue weighted by molar-refractivity contribution is -0.129. The predicted octanol–water partition coefficient (Wildman–Crippen LogP) is 6.17. The fourth-order valence-corrected chi connectivity index (χ4v) is 4.47. The first kappa shape index (κ1) is 26.9. The van der Waals surface area contributed by atoms with Gasteiger partial charge in [0.1, 0.15) is 17.3 Å². The first-order valence-corrected chi connectivity index (χ1v) is 13.5. The van der Waals surface area contributed by atoms with E-state index in [-0.39, 0.29) is 11.3 Å². The number of pyridine rings is 1. The minimum atomic E-state index is -0.391. The number of anilines is 2. The van der Waals surface area contributed by atoms with Crippen LogP contribution in [0.2, 0.25) is 0 Å². The summed E-state index contributed by atoms with van der Waals surface area (Å²) in [7, 11) is 0. The maximum atomic E-state index is 13.0. The number of nitrogens with one attached hydrogen (secondary N) is 2. The van der Waals surface area contributed by atoms with Gasteiger partial charge in [-0.15, -0.1) is 0 Å². The quantitative estimate of drug-likeness (QED) is 0.293. The Balaban J connectivity index is 1.27. The van der Waals surface area contributed by atoms with Crippen molar-refractivity contribution >= 4 is 23.4 Å². The van der Waals surface area contributed by atoms with Gasteiger partial charge in [0.2, 0.25) is 5.91 Å². The van der Waals surface area contributed by atoms with E-state index in [0.29, 0.717) is 29.4 Å². The van der Waals surface area contributed by atoms with Crippen LogP contribution >= 0.6 is 0 Å². The smallest absolute Gasteiger partial charge is 0.324 e. The molecule has 1 aliphatic heterocycles. The highest BCUT2D eigenvalue weighted by Gasteiger charge is 2.22. The Bertz CT molecular complexity index is 1450. The fraction of sp³-hybridized carbons (Fsp3) is 0.290. The topological polar surface area (TPSA) is 101 Å². The Morgan fingerprint density at radius 1 is 0.875 bits per heavy atom. The Kier molecular flexibility index (Phi) is 7.82. The summed E-state index contributed by atoms with van der Waals surface area (Å²) < 4.78 is 7.51. The van der Waals surface area contributed by atoms with Gasteiger partial charge in [0, 0.05) is 42.7 Å². The third kappa shape index (κ3) is 6.66. The van der Waals surface area contributed by atoms with Crippen LogP contribution in [0.25, 0.3) is 5.69 Å². The number of ether oxygens (including phenoxy) is 1. The number of amides is 3. The van der Waals surface area contributed by atoms with Gasteiger partial charge in [0.05, 0.1) is 17.8 Å². The molecule has 4 aromatic rings. The molecule has 9 heteroatoms. The molecule has 3 heterocycles. The molecule has 2 aromatic heterocycles. The number of likely N-dealkylation sites (tertiary alicyclic amines) is 1.